The van der Waals surface area contributed by atoms with Crippen LogP contribution in [0.1, 0.15) is 51.2 Å². The van der Waals surface area contributed by atoms with Gasteiger partial charge in [-0.15, -0.1) is 35.3 Å². The first-order valence-corrected chi connectivity index (χ1v) is 8.36. The van der Waals surface area contributed by atoms with Crippen LogP contribution in [-0.4, -0.2) is 30.1 Å². The summed E-state index contributed by atoms with van der Waals surface area (Å²) < 4.78 is 0. The van der Waals surface area contributed by atoms with Gasteiger partial charge in [-0.3, -0.25) is 4.99 Å². The minimum Gasteiger partial charge on any atom is -0.357 e. The standard InChI is InChI=1S/C15H26N4S.HI/c1-5-16-14(18-11-6-7-11)17-9-8-13-19-12(10-20-13)15(2,3)4;/h10-11H,5-9H2,1-4H3,(H2,16,17,18);1H. The van der Waals surface area contributed by atoms with E-state index in [0.717, 1.165) is 25.5 Å². The Hall–Kier alpha value is -0.370. The van der Waals surface area contributed by atoms with E-state index in [0.29, 0.717) is 6.04 Å². The van der Waals surface area contributed by atoms with Crippen LogP contribution in [0.3, 0.4) is 0 Å². The van der Waals surface area contributed by atoms with E-state index in [1.54, 1.807) is 11.3 Å². The van der Waals surface area contributed by atoms with Crippen LogP contribution in [0.2, 0.25) is 0 Å². The largest absolute Gasteiger partial charge is 0.357 e. The molecule has 1 aromatic rings. The quantitative estimate of drug-likeness (QED) is 0.435. The van der Waals surface area contributed by atoms with Crippen LogP contribution in [0.5, 0.6) is 0 Å². The van der Waals surface area contributed by atoms with Gasteiger partial charge in [0.05, 0.1) is 10.7 Å². The average molecular weight is 422 g/mol. The van der Waals surface area contributed by atoms with Crippen LogP contribution in [0.25, 0.3) is 0 Å². The Kier molecular flexibility index (Phi) is 7.39. The molecule has 1 saturated carbocycles. The highest BCUT2D eigenvalue weighted by Gasteiger charge is 2.22. The van der Waals surface area contributed by atoms with Gasteiger partial charge >= 0.3 is 0 Å². The molecule has 1 aliphatic carbocycles. The van der Waals surface area contributed by atoms with Crippen LogP contribution in [0.4, 0.5) is 0 Å². The van der Waals surface area contributed by atoms with E-state index in [2.05, 4.69) is 48.7 Å². The van der Waals surface area contributed by atoms with Crippen molar-refractivity contribution in [2.45, 2.75) is 58.4 Å². The van der Waals surface area contributed by atoms with Gasteiger partial charge < -0.3 is 10.6 Å². The predicted molar refractivity (Wildman–Crippen MR) is 102 cm³/mol. The van der Waals surface area contributed by atoms with Gasteiger partial charge in [-0.2, -0.15) is 0 Å². The van der Waals surface area contributed by atoms with E-state index in [-0.39, 0.29) is 29.4 Å². The Balaban J connectivity index is 0.00000220. The number of hydrogen-bond donors (Lipinski definition) is 2. The highest BCUT2D eigenvalue weighted by Crippen LogP contribution is 2.24. The second-order valence-electron chi connectivity index (χ2n) is 6.31. The van der Waals surface area contributed by atoms with Crippen LogP contribution >= 0.6 is 35.3 Å². The Bertz CT molecular complexity index is 460. The molecule has 120 valence electrons. The SMILES string of the molecule is CCNC(=NCCc1nc(C(C)(C)C)cs1)NC1CC1.I. The summed E-state index contributed by atoms with van der Waals surface area (Å²) in [5.74, 6) is 0.947. The van der Waals surface area contributed by atoms with E-state index in [4.69, 9.17) is 4.98 Å². The first kappa shape index (κ1) is 18.7. The maximum Gasteiger partial charge on any atom is 0.191 e. The monoisotopic (exact) mass is 422 g/mol. The molecule has 0 radical (unpaired) electrons. The van der Waals surface area contributed by atoms with Crippen LogP contribution in [-0.2, 0) is 11.8 Å². The summed E-state index contributed by atoms with van der Waals surface area (Å²) in [5, 5.41) is 10.1. The molecular weight excluding hydrogens is 395 g/mol. The van der Waals surface area contributed by atoms with Crippen LogP contribution in [0, 0.1) is 0 Å². The van der Waals surface area contributed by atoms with Crippen molar-refractivity contribution in [1.82, 2.24) is 15.6 Å². The van der Waals surface area contributed by atoms with Crippen molar-refractivity contribution in [3.8, 4) is 0 Å². The van der Waals surface area contributed by atoms with E-state index in [1.807, 2.05) is 0 Å². The minimum absolute atomic E-state index is 0. The third-order valence-electron chi connectivity index (χ3n) is 3.18. The lowest BCUT2D eigenvalue weighted by atomic mass is 9.93. The van der Waals surface area contributed by atoms with Crippen LogP contribution in [0.15, 0.2) is 10.4 Å². The molecule has 0 aliphatic heterocycles. The lowest BCUT2D eigenvalue weighted by Crippen LogP contribution is -2.38. The lowest BCUT2D eigenvalue weighted by Gasteiger charge is -2.14. The minimum atomic E-state index is 0. The first-order valence-electron chi connectivity index (χ1n) is 7.48. The normalized spacial score (nSPS) is 15.5. The summed E-state index contributed by atoms with van der Waals surface area (Å²) in [7, 11) is 0. The van der Waals surface area contributed by atoms with E-state index in [1.165, 1.54) is 23.5 Å². The summed E-state index contributed by atoms with van der Waals surface area (Å²) >= 11 is 1.75. The maximum absolute atomic E-state index is 4.71. The van der Waals surface area contributed by atoms with Crippen molar-refractivity contribution in [2.24, 2.45) is 4.99 Å². The fourth-order valence-electron chi connectivity index (χ4n) is 1.77. The Morgan fingerprint density at radius 1 is 1.43 bits per heavy atom. The number of rotatable bonds is 5. The second kappa shape index (κ2) is 8.31. The molecule has 1 fully saturated rings. The lowest BCUT2D eigenvalue weighted by molar-refractivity contribution is 0.571. The summed E-state index contributed by atoms with van der Waals surface area (Å²) in [6.45, 7) is 10.4. The van der Waals surface area contributed by atoms with Gasteiger partial charge in [0, 0.05) is 36.3 Å². The highest BCUT2D eigenvalue weighted by atomic mass is 127. The number of nitrogens with zero attached hydrogens (tertiary/aromatic N) is 2. The summed E-state index contributed by atoms with van der Waals surface area (Å²) in [6.07, 6.45) is 3.46. The molecule has 0 spiro atoms. The van der Waals surface area contributed by atoms with E-state index >= 15 is 0 Å². The molecule has 0 saturated heterocycles. The molecule has 0 amide bonds. The molecule has 4 nitrogen and oxygen atoms in total. The zero-order chi connectivity index (χ0) is 14.6. The zero-order valence-electron chi connectivity index (χ0n) is 13.4. The average Bonchev–Trinajstić information content (AvgIpc) is 3.03. The predicted octanol–water partition coefficient (Wildman–Crippen LogP) is 3.32. The summed E-state index contributed by atoms with van der Waals surface area (Å²) in [4.78, 5) is 9.33. The van der Waals surface area contributed by atoms with Crippen LogP contribution < -0.4 is 10.6 Å². The number of aromatic nitrogens is 1. The van der Waals surface area contributed by atoms with Gasteiger partial charge in [-0.05, 0) is 19.8 Å². The molecule has 0 aromatic carbocycles. The number of thiazole rings is 1. The van der Waals surface area contributed by atoms with Crippen molar-refractivity contribution in [1.29, 1.82) is 0 Å². The molecule has 2 N–H and O–H groups in total. The smallest absolute Gasteiger partial charge is 0.191 e. The molecule has 1 aliphatic rings. The Labute approximate surface area is 149 Å². The molecular formula is C15H27IN4S. The second-order valence-corrected chi connectivity index (χ2v) is 7.25. The van der Waals surface area contributed by atoms with Crippen molar-refractivity contribution < 1.29 is 0 Å². The van der Waals surface area contributed by atoms with Gasteiger partial charge in [0.2, 0.25) is 0 Å². The fraction of sp³-hybridized carbons (Fsp3) is 0.733. The fourth-order valence-corrected chi connectivity index (χ4v) is 2.79. The van der Waals surface area contributed by atoms with E-state index in [9.17, 15) is 0 Å². The molecule has 2 rings (SSSR count). The van der Waals surface area contributed by atoms with Crippen molar-refractivity contribution in [3.63, 3.8) is 0 Å². The molecule has 6 heteroatoms. The first-order chi connectivity index (χ1) is 9.49. The van der Waals surface area contributed by atoms with Crippen molar-refractivity contribution in [2.75, 3.05) is 13.1 Å². The number of hydrogen-bond acceptors (Lipinski definition) is 3. The van der Waals surface area contributed by atoms with E-state index < -0.39 is 0 Å². The molecule has 0 bridgehead atoms. The van der Waals surface area contributed by atoms with Gasteiger partial charge in [0.15, 0.2) is 5.96 Å². The molecule has 1 aromatic heterocycles. The van der Waals surface area contributed by atoms with Crippen molar-refractivity contribution in [3.05, 3.63) is 16.1 Å². The van der Waals surface area contributed by atoms with Gasteiger partial charge in [0.1, 0.15) is 0 Å². The van der Waals surface area contributed by atoms with Gasteiger partial charge in [-0.25, -0.2) is 4.98 Å². The zero-order valence-corrected chi connectivity index (χ0v) is 16.5. The Morgan fingerprint density at radius 3 is 2.67 bits per heavy atom. The Morgan fingerprint density at radius 2 is 2.14 bits per heavy atom. The van der Waals surface area contributed by atoms with Gasteiger partial charge in [-0.1, -0.05) is 20.8 Å². The number of nitrogens with one attached hydrogen (secondary N) is 2. The molecule has 0 atom stereocenters. The third kappa shape index (κ3) is 6.50. The van der Waals surface area contributed by atoms with Crippen molar-refractivity contribution >= 4 is 41.3 Å². The highest BCUT2D eigenvalue weighted by molar-refractivity contribution is 14.0. The summed E-state index contributed by atoms with van der Waals surface area (Å²) in [5.41, 5.74) is 1.32. The maximum atomic E-state index is 4.71. The molecule has 0 unspecified atom stereocenters. The molecule has 21 heavy (non-hydrogen) atoms. The number of halogens is 1. The summed E-state index contributed by atoms with van der Waals surface area (Å²) in [6, 6.07) is 0.639. The number of aliphatic imine (C=N–C) groups is 1. The van der Waals surface area contributed by atoms with Gasteiger partial charge in [0.25, 0.3) is 0 Å². The topological polar surface area (TPSA) is 49.3 Å². The molecule has 1 heterocycles. The number of guanidine groups is 1. The third-order valence-corrected chi connectivity index (χ3v) is 4.09.